The van der Waals surface area contributed by atoms with Gasteiger partial charge in [0.2, 0.25) is 10.0 Å². The molecule has 0 saturated heterocycles. The molecule has 1 aromatic rings. The first kappa shape index (κ1) is 18.0. The van der Waals surface area contributed by atoms with Crippen molar-refractivity contribution in [3.8, 4) is 0 Å². The van der Waals surface area contributed by atoms with Crippen molar-refractivity contribution >= 4 is 10.0 Å². The van der Waals surface area contributed by atoms with E-state index in [-0.39, 0.29) is 11.4 Å². The highest BCUT2D eigenvalue weighted by Gasteiger charge is 2.17. The molecular formula is C13H23N3O4S. The topological polar surface area (TPSA) is 104 Å². The van der Waals surface area contributed by atoms with Gasteiger partial charge in [-0.05, 0) is 25.0 Å². The minimum atomic E-state index is -3.56. The van der Waals surface area contributed by atoms with E-state index in [1.54, 1.807) is 13.2 Å². The molecule has 0 radical (unpaired) electrons. The molecular weight excluding hydrogens is 294 g/mol. The molecule has 0 fully saturated rings. The van der Waals surface area contributed by atoms with Gasteiger partial charge in [0, 0.05) is 33.0 Å². The molecule has 3 N–H and O–H groups in total. The summed E-state index contributed by atoms with van der Waals surface area (Å²) in [5.74, 6) is 0. The van der Waals surface area contributed by atoms with Crippen molar-refractivity contribution in [2.24, 2.45) is 5.73 Å². The number of methoxy groups -OCH3 is 1. The van der Waals surface area contributed by atoms with Crippen molar-refractivity contribution < 1.29 is 17.9 Å². The summed E-state index contributed by atoms with van der Waals surface area (Å²) in [6, 6.07) is 3.09. The minimum Gasteiger partial charge on any atom is -0.382 e. The molecule has 0 atom stereocenters. The quantitative estimate of drug-likeness (QED) is 0.568. The number of ether oxygens (including phenoxy) is 2. The zero-order chi connectivity index (χ0) is 15.6. The van der Waals surface area contributed by atoms with Gasteiger partial charge in [0.25, 0.3) is 0 Å². The SMILES string of the molecule is COCCOCCCCNS(=O)(=O)c1cccnc1CN. The molecule has 0 amide bonds. The number of nitrogens with zero attached hydrogens (tertiary/aromatic N) is 1. The van der Waals surface area contributed by atoms with Gasteiger partial charge in [0.15, 0.2) is 0 Å². The summed E-state index contributed by atoms with van der Waals surface area (Å²) in [7, 11) is -1.94. The first-order valence-corrected chi connectivity index (χ1v) is 8.30. The molecule has 0 saturated carbocycles. The molecule has 0 aliphatic heterocycles. The number of sulfonamides is 1. The highest BCUT2D eigenvalue weighted by atomic mass is 32.2. The van der Waals surface area contributed by atoms with Crippen LogP contribution in [0.15, 0.2) is 23.2 Å². The molecule has 1 heterocycles. The maximum Gasteiger partial charge on any atom is 0.242 e. The summed E-state index contributed by atoms with van der Waals surface area (Å²) in [5, 5.41) is 0. The Morgan fingerprint density at radius 3 is 2.81 bits per heavy atom. The van der Waals surface area contributed by atoms with Crippen LogP contribution < -0.4 is 10.5 Å². The lowest BCUT2D eigenvalue weighted by Crippen LogP contribution is -2.26. The van der Waals surface area contributed by atoms with E-state index in [9.17, 15) is 8.42 Å². The van der Waals surface area contributed by atoms with E-state index < -0.39 is 10.0 Å². The Bertz CT molecular complexity index is 508. The third kappa shape index (κ3) is 6.49. The summed E-state index contributed by atoms with van der Waals surface area (Å²) in [6.45, 7) is 2.15. The van der Waals surface area contributed by atoms with Gasteiger partial charge in [-0.3, -0.25) is 4.98 Å². The first-order valence-electron chi connectivity index (χ1n) is 6.82. The number of nitrogens with two attached hydrogens (primary N) is 1. The molecule has 1 rings (SSSR count). The Morgan fingerprint density at radius 2 is 2.10 bits per heavy atom. The van der Waals surface area contributed by atoms with Crippen LogP contribution in [0.1, 0.15) is 18.5 Å². The van der Waals surface area contributed by atoms with Crippen LogP contribution in [-0.4, -0.2) is 46.9 Å². The molecule has 0 spiro atoms. The average Bonchev–Trinajstić information content (AvgIpc) is 2.50. The molecule has 21 heavy (non-hydrogen) atoms. The molecule has 0 aliphatic rings. The second kappa shape index (κ2) is 9.80. The summed E-state index contributed by atoms with van der Waals surface area (Å²) in [5.41, 5.74) is 5.87. The van der Waals surface area contributed by atoms with E-state index in [0.717, 1.165) is 6.42 Å². The van der Waals surface area contributed by atoms with Crippen molar-refractivity contribution in [3.05, 3.63) is 24.0 Å². The minimum absolute atomic E-state index is 0.0877. The van der Waals surface area contributed by atoms with Crippen molar-refractivity contribution in [1.82, 2.24) is 9.71 Å². The largest absolute Gasteiger partial charge is 0.382 e. The van der Waals surface area contributed by atoms with Gasteiger partial charge in [0.1, 0.15) is 4.90 Å². The van der Waals surface area contributed by atoms with Crippen LogP contribution in [0.25, 0.3) is 0 Å². The van der Waals surface area contributed by atoms with Crippen LogP contribution in [0.5, 0.6) is 0 Å². The van der Waals surface area contributed by atoms with E-state index in [1.165, 1.54) is 12.3 Å². The molecule has 0 bridgehead atoms. The molecule has 0 unspecified atom stereocenters. The van der Waals surface area contributed by atoms with E-state index >= 15 is 0 Å². The lowest BCUT2D eigenvalue weighted by atomic mass is 10.3. The van der Waals surface area contributed by atoms with E-state index in [4.69, 9.17) is 15.2 Å². The molecule has 7 nitrogen and oxygen atoms in total. The van der Waals surface area contributed by atoms with Gasteiger partial charge in [0.05, 0.1) is 18.9 Å². The lowest BCUT2D eigenvalue weighted by molar-refractivity contribution is 0.0689. The number of rotatable bonds is 11. The fourth-order valence-electron chi connectivity index (χ4n) is 1.68. The molecule has 0 aliphatic carbocycles. The number of pyridine rings is 1. The third-order valence-electron chi connectivity index (χ3n) is 2.77. The van der Waals surface area contributed by atoms with Gasteiger partial charge >= 0.3 is 0 Å². The maximum atomic E-state index is 12.1. The standard InChI is InChI=1S/C13H23N3O4S/c1-19-9-10-20-8-3-2-7-16-21(17,18)13-5-4-6-15-12(13)11-14/h4-6,16H,2-3,7-11,14H2,1H3. The normalized spacial score (nSPS) is 11.7. The smallest absolute Gasteiger partial charge is 0.242 e. The summed E-state index contributed by atoms with van der Waals surface area (Å²) >= 11 is 0. The monoisotopic (exact) mass is 317 g/mol. The van der Waals surface area contributed by atoms with Crippen molar-refractivity contribution in [2.75, 3.05) is 33.5 Å². The number of unbranched alkanes of at least 4 members (excludes halogenated alkanes) is 1. The summed E-state index contributed by atoms with van der Waals surface area (Å²) in [6.07, 6.45) is 3.01. The van der Waals surface area contributed by atoms with E-state index in [0.29, 0.717) is 38.5 Å². The molecule has 1 aromatic heterocycles. The Kier molecular flexibility index (Phi) is 8.40. The number of nitrogens with one attached hydrogen (secondary N) is 1. The Balaban J connectivity index is 2.33. The Labute approximate surface area is 125 Å². The van der Waals surface area contributed by atoms with Crippen molar-refractivity contribution in [2.45, 2.75) is 24.3 Å². The molecule has 120 valence electrons. The maximum absolute atomic E-state index is 12.1. The summed E-state index contributed by atoms with van der Waals surface area (Å²) < 4.78 is 37.0. The average molecular weight is 317 g/mol. The lowest BCUT2D eigenvalue weighted by Gasteiger charge is -2.09. The van der Waals surface area contributed by atoms with Crippen LogP contribution >= 0.6 is 0 Å². The van der Waals surface area contributed by atoms with Gasteiger partial charge in [-0.1, -0.05) is 0 Å². The highest BCUT2D eigenvalue weighted by Crippen LogP contribution is 2.12. The van der Waals surface area contributed by atoms with Gasteiger partial charge in [-0.2, -0.15) is 0 Å². The number of aromatic nitrogens is 1. The van der Waals surface area contributed by atoms with Crippen LogP contribution in [-0.2, 0) is 26.0 Å². The predicted octanol–water partition coefficient (Wildman–Crippen LogP) is 0.262. The fourth-order valence-corrected chi connectivity index (χ4v) is 2.95. The van der Waals surface area contributed by atoms with Crippen LogP contribution in [0.3, 0.4) is 0 Å². The van der Waals surface area contributed by atoms with Crippen molar-refractivity contribution in [3.63, 3.8) is 0 Å². The Morgan fingerprint density at radius 1 is 1.29 bits per heavy atom. The predicted molar refractivity (Wildman–Crippen MR) is 79.2 cm³/mol. The molecule has 0 aromatic carbocycles. The molecule has 8 heteroatoms. The fraction of sp³-hybridized carbons (Fsp3) is 0.615. The highest BCUT2D eigenvalue weighted by molar-refractivity contribution is 7.89. The second-order valence-corrected chi connectivity index (χ2v) is 6.10. The van der Waals surface area contributed by atoms with Crippen molar-refractivity contribution in [1.29, 1.82) is 0 Å². The second-order valence-electron chi connectivity index (χ2n) is 4.36. The van der Waals surface area contributed by atoms with Crippen LogP contribution in [0.2, 0.25) is 0 Å². The van der Waals surface area contributed by atoms with Gasteiger partial charge < -0.3 is 15.2 Å². The zero-order valence-electron chi connectivity index (χ0n) is 12.2. The van der Waals surface area contributed by atoms with Crippen LogP contribution in [0.4, 0.5) is 0 Å². The first-order chi connectivity index (χ1) is 10.1. The Hall–Kier alpha value is -1.06. The van der Waals surface area contributed by atoms with Gasteiger partial charge in [-0.25, -0.2) is 13.1 Å². The van der Waals surface area contributed by atoms with Gasteiger partial charge in [-0.15, -0.1) is 0 Å². The zero-order valence-corrected chi connectivity index (χ0v) is 13.1. The summed E-state index contributed by atoms with van der Waals surface area (Å²) in [4.78, 5) is 4.12. The van der Waals surface area contributed by atoms with E-state index in [1.807, 2.05) is 0 Å². The number of hydrogen-bond donors (Lipinski definition) is 2. The van der Waals surface area contributed by atoms with Crippen LogP contribution in [0, 0.1) is 0 Å². The third-order valence-corrected chi connectivity index (χ3v) is 4.31. The van der Waals surface area contributed by atoms with E-state index in [2.05, 4.69) is 9.71 Å². The number of hydrogen-bond acceptors (Lipinski definition) is 6.